The van der Waals surface area contributed by atoms with Crippen LogP contribution in [0.1, 0.15) is 17.4 Å². The average molecular weight is 269 g/mol. The van der Waals surface area contributed by atoms with Crippen molar-refractivity contribution in [2.45, 2.75) is 6.10 Å². The molecule has 0 aliphatic carbocycles. The van der Waals surface area contributed by atoms with Crippen molar-refractivity contribution in [2.24, 2.45) is 0 Å². The molecule has 1 aromatic heterocycles. The number of benzene rings is 1. The molecule has 2 aromatic rings. The van der Waals surface area contributed by atoms with Gasteiger partial charge in [-0.1, -0.05) is 11.6 Å². The Morgan fingerprint density at radius 3 is 2.67 bits per heavy atom. The molecule has 0 aliphatic heterocycles. The number of hydrogen-bond acceptors (Lipinski definition) is 4. The van der Waals surface area contributed by atoms with Crippen molar-refractivity contribution in [3.05, 3.63) is 52.4 Å². The fourth-order valence-electron chi connectivity index (χ4n) is 1.47. The maximum atomic E-state index is 13.1. The van der Waals surface area contributed by atoms with E-state index in [-0.39, 0.29) is 16.3 Å². The molecule has 0 fully saturated rings. The predicted molar refractivity (Wildman–Crippen MR) is 64.1 cm³/mol. The number of aliphatic hydroxyl groups excluding tert-OH is 1. The van der Waals surface area contributed by atoms with Crippen LogP contribution in [0.5, 0.6) is 5.88 Å². The molecule has 0 spiro atoms. The molecule has 1 unspecified atom stereocenters. The lowest BCUT2D eigenvalue weighted by molar-refractivity contribution is 0.213. The van der Waals surface area contributed by atoms with Gasteiger partial charge in [-0.15, -0.1) is 10.2 Å². The number of aliphatic hydroxyl groups is 1. The van der Waals surface area contributed by atoms with Crippen molar-refractivity contribution in [3.63, 3.8) is 0 Å². The zero-order valence-electron chi connectivity index (χ0n) is 9.47. The number of halogens is 2. The van der Waals surface area contributed by atoms with Gasteiger partial charge in [0.15, 0.2) is 0 Å². The number of hydrogen-bond donors (Lipinski definition) is 1. The fourth-order valence-corrected chi connectivity index (χ4v) is 1.69. The van der Waals surface area contributed by atoms with Crippen LogP contribution in [-0.2, 0) is 0 Å². The Labute approximate surface area is 108 Å². The van der Waals surface area contributed by atoms with Gasteiger partial charge in [0.05, 0.1) is 12.8 Å². The fraction of sp³-hybridized carbons (Fsp3) is 0.167. The zero-order valence-corrected chi connectivity index (χ0v) is 10.2. The van der Waals surface area contributed by atoms with Crippen LogP contribution in [0.2, 0.25) is 5.02 Å². The van der Waals surface area contributed by atoms with E-state index < -0.39 is 11.9 Å². The third kappa shape index (κ3) is 2.57. The summed E-state index contributed by atoms with van der Waals surface area (Å²) in [7, 11) is 1.46. The highest BCUT2D eigenvalue weighted by atomic mass is 35.5. The van der Waals surface area contributed by atoms with Crippen LogP contribution in [0.15, 0.2) is 30.3 Å². The second-order valence-electron chi connectivity index (χ2n) is 3.57. The van der Waals surface area contributed by atoms with Crippen LogP contribution >= 0.6 is 11.6 Å². The highest BCUT2D eigenvalue weighted by Gasteiger charge is 2.16. The van der Waals surface area contributed by atoms with Crippen molar-refractivity contribution in [1.29, 1.82) is 0 Å². The van der Waals surface area contributed by atoms with Gasteiger partial charge in [-0.25, -0.2) is 4.39 Å². The normalized spacial score (nSPS) is 12.2. The molecule has 94 valence electrons. The van der Waals surface area contributed by atoms with Gasteiger partial charge in [0.2, 0.25) is 5.88 Å². The number of nitrogens with zero attached hydrogens (tertiary/aromatic N) is 2. The molecule has 0 aliphatic rings. The van der Waals surface area contributed by atoms with Gasteiger partial charge in [-0.2, -0.15) is 0 Å². The van der Waals surface area contributed by atoms with Gasteiger partial charge in [0, 0.05) is 16.7 Å². The quantitative estimate of drug-likeness (QED) is 0.928. The van der Waals surface area contributed by atoms with E-state index in [1.165, 1.54) is 31.4 Å². The first-order valence-corrected chi connectivity index (χ1v) is 5.50. The molecule has 0 radical (unpaired) electrons. The second kappa shape index (κ2) is 5.29. The molecule has 1 N–H and O–H groups in total. The van der Waals surface area contributed by atoms with Crippen molar-refractivity contribution < 1.29 is 14.2 Å². The summed E-state index contributed by atoms with van der Waals surface area (Å²) in [4.78, 5) is 0. The Morgan fingerprint density at radius 1 is 1.28 bits per heavy atom. The van der Waals surface area contributed by atoms with Crippen LogP contribution in [0, 0.1) is 5.82 Å². The van der Waals surface area contributed by atoms with E-state index in [0.29, 0.717) is 5.88 Å². The predicted octanol–water partition coefficient (Wildman–Crippen LogP) is 2.36. The standard InChI is InChI=1S/C12H10ClFN2O2/c1-18-11-5-4-10(15-16-11)12(17)8-6-7(14)2-3-9(8)13/h2-6,12,17H,1H3. The molecule has 2 rings (SSSR count). The van der Waals surface area contributed by atoms with Crippen LogP contribution in [0.25, 0.3) is 0 Å². The Kier molecular flexibility index (Phi) is 3.74. The lowest BCUT2D eigenvalue weighted by Crippen LogP contribution is -2.05. The minimum atomic E-state index is -1.13. The summed E-state index contributed by atoms with van der Waals surface area (Å²) in [6.45, 7) is 0. The zero-order chi connectivity index (χ0) is 13.1. The minimum Gasteiger partial charge on any atom is -0.480 e. The largest absolute Gasteiger partial charge is 0.480 e. The van der Waals surface area contributed by atoms with Gasteiger partial charge in [0.1, 0.15) is 11.9 Å². The summed E-state index contributed by atoms with van der Waals surface area (Å²) in [6.07, 6.45) is -1.13. The Bertz CT molecular complexity index is 548. The van der Waals surface area contributed by atoms with Crippen LogP contribution in [-0.4, -0.2) is 22.4 Å². The van der Waals surface area contributed by atoms with E-state index >= 15 is 0 Å². The van der Waals surface area contributed by atoms with Crippen molar-refractivity contribution in [2.75, 3.05) is 7.11 Å². The maximum Gasteiger partial charge on any atom is 0.233 e. The molecule has 0 saturated heterocycles. The molecule has 1 aromatic carbocycles. The van der Waals surface area contributed by atoms with Gasteiger partial charge in [-0.3, -0.25) is 0 Å². The smallest absolute Gasteiger partial charge is 0.233 e. The summed E-state index contributed by atoms with van der Waals surface area (Å²) in [5.41, 5.74) is 0.513. The second-order valence-corrected chi connectivity index (χ2v) is 3.98. The molecule has 18 heavy (non-hydrogen) atoms. The molecular weight excluding hydrogens is 259 g/mol. The summed E-state index contributed by atoms with van der Waals surface area (Å²) in [6, 6.07) is 6.86. The van der Waals surface area contributed by atoms with Gasteiger partial charge < -0.3 is 9.84 Å². The first-order valence-electron chi connectivity index (χ1n) is 5.12. The summed E-state index contributed by atoms with van der Waals surface area (Å²) in [5, 5.41) is 17.8. The van der Waals surface area contributed by atoms with Crippen LogP contribution < -0.4 is 4.74 Å². The van der Waals surface area contributed by atoms with E-state index in [9.17, 15) is 9.50 Å². The monoisotopic (exact) mass is 268 g/mol. The molecule has 1 heterocycles. The highest BCUT2D eigenvalue weighted by molar-refractivity contribution is 6.31. The lowest BCUT2D eigenvalue weighted by atomic mass is 10.1. The molecule has 0 bridgehead atoms. The van der Waals surface area contributed by atoms with E-state index in [2.05, 4.69) is 10.2 Å². The first-order chi connectivity index (χ1) is 8.61. The van der Waals surface area contributed by atoms with Gasteiger partial charge in [-0.05, 0) is 24.3 Å². The maximum absolute atomic E-state index is 13.1. The van der Waals surface area contributed by atoms with Crippen LogP contribution in [0.3, 0.4) is 0 Å². The highest BCUT2D eigenvalue weighted by Crippen LogP contribution is 2.27. The van der Waals surface area contributed by atoms with E-state index in [0.717, 1.165) is 0 Å². The van der Waals surface area contributed by atoms with E-state index in [1.54, 1.807) is 6.07 Å². The third-order valence-electron chi connectivity index (χ3n) is 2.40. The summed E-state index contributed by atoms with van der Waals surface area (Å²) >= 11 is 5.90. The molecule has 0 saturated carbocycles. The molecule has 4 nitrogen and oxygen atoms in total. The number of methoxy groups -OCH3 is 1. The van der Waals surface area contributed by atoms with Gasteiger partial charge in [0.25, 0.3) is 0 Å². The topological polar surface area (TPSA) is 55.2 Å². The Morgan fingerprint density at radius 2 is 2.06 bits per heavy atom. The van der Waals surface area contributed by atoms with Gasteiger partial charge >= 0.3 is 0 Å². The Balaban J connectivity index is 2.34. The third-order valence-corrected chi connectivity index (χ3v) is 2.75. The molecule has 0 amide bonds. The summed E-state index contributed by atoms with van der Waals surface area (Å²) in [5.74, 6) is -0.147. The molecule has 1 atom stereocenters. The van der Waals surface area contributed by atoms with Crippen LogP contribution in [0.4, 0.5) is 4.39 Å². The number of ether oxygens (including phenoxy) is 1. The van der Waals surface area contributed by atoms with Crippen molar-refractivity contribution in [1.82, 2.24) is 10.2 Å². The lowest BCUT2D eigenvalue weighted by Gasteiger charge is -2.11. The van der Waals surface area contributed by atoms with Crippen molar-refractivity contribution in [3.8, 4) is 5.88 Å². The van der Waals surface area contributed by atoms with E-state index in [4.69, 9.17) is 16.3 Å². The van der Waals surface area contributed by atoms with Crippen molar-refractivity contribution >= 4 is 11.6 Å². The Hall–Kier alpha value is -1.72. The molecular formula is C12H10ClFN2O2. The first kappa shape index (κ1) is 12.7. The summed E-state index contributed by atoms with van der Waals surface area (Å²) < 4.78 is 18.0. The molecule has 6 heteroatoms. The SMILES string of the molecule is COc1ccc(C(O)c2cc(F)ccc2Cl)nn1. The number of rotatable bonds is 3. The average Bonchev–Trinajstić information content (AvgIpc) is 2.41. The minimum absolute atomic E-state index is 0.246. The van der Waals surface area contributed by atoms with E-state index in [1.807, 2.05) is 0 Å². The number of aromatic nitrogens is 2.